The summed E-state index contributed by atoms with van der Waals surface area (Å²) in [5, 5.41) is 0. The van der Waals surface area contributed by atoms with Gasteiger partial charge in [0.25, 0.3) is 0 Å². The number of rotatable bonds is 4. The Bertz CT molecular complexity index is 891. The second kappa shape index (κ2) is 6.63. The van der Waals surface area contributed by atoms with Gasteiger partial charge in [0, 0.05) is 22.3 Å². The molecule has 0 heterocycles. The maximum Gasteiger partial charge on any atom is 0.193 e. The van der Waals surface area contributed by atoms with Gasteiger partial charge in [-0.1, -0.05) is 77.9 Å². The van der Waals surface area contributed by atoms with E-state index in [1.54, 1.807) is 36.4 Å². The smallest absolute Gasteiger partial charge is 0.193 e. The van der Waals surface area contributed by atoms with E-state index in [0.29, 0.717) is 22.3 Å². The minimum atomic E-state index is -0.130. The van der Waals surface area contributed by atoms with E-state index in [2.05, 4.69) is 0 Å². The Morgan fingerprint density at radius 3 is 1.79 bits per heavy atom. The molecule has 0 atom stereocenters. The maximum absolute atomic E-state index is 12.9. The van der Waals surface area contributed by atoms with Crippen molar-refractivity contribution in [1.82, 2.24) is 0 Å². The number of carbonyl (C=O) groups excluding carboxylic acids is 2. The van der Waals surface area contributed by atoms with E-state index in [1.807, 2.05) is 50.2 Å². The minimum absolute atomic E-state index is 0.130. The zero-order valence-corrected chi connectivity index (χ0v) is 13.7. The second-order valence-electron chi connectivity index (χ2n) is 5.94. The molecule has 3 aromatic carbocycles. The molecular formula is C22H18O2. The zero-order chi connectivity index (χ0) is 17.1. The molecule has 0 fully saturated rings. The summed E-state index contributed by atoms with van der Waals surface area (Å²) in [6.45, 7) is 3.90. The topological polar surface area (TPSA) is 34.1 Å². The van der Waals surface area contributed by atoms with Crippen LogP contribution in [-0.2, 0) is 0 Å². The van der Waals surface area contributed by atoms with Crippen LogP contribution >= 0.6 is 0 Å². The Morgan fingerprint density at radius 1 is 0.583 bits per heavy atom. The van der Waals surface area contributed by atoms with Gasteiger partial charge in [0.1, 0.15) is 0 Å². The van der Waals surface area contributed by atoms with Crippen molar-refractivity contribution in [3.63, 3.8) is 0 Å². The summed E-state index contributed by atoms with van der Waals surface area (Å²) in [5.74, 6) is -0.260. The number of hydrogen-bond acceptors (Lipinski definition) is 2. The number of aryl methyl sites for hydroxylation is 2. The molecule has 0 spiro atoms. The molecule has 0 bridgehead atoms. The summed E-state index contributed by atoms with van der Waals surface area (Å²) >= 11 is 0. The fraction of sp³-hybridized carbons (Fsp3) is 0.0909. The van der Waals surface area contributed by atoms with Gasteiger partial charge in [-0.25, -0.2) is 0 Å². The summed E-state index contributed by atoms with van der Waals surface area (Å²) in [4.78, 5) is 25.7. The molecule has 0 saturated carbocycles. The van der Waals surface area contributed by atoms with Crippen LogP contribution in [0.5, 0.6) is 0 Å². The highest BCUT2D eigenvalue weighted by Crippen LogP contribution is 2.20. The van der Waals surface area contributed by atoms with E-state index < -0.39 is 0 Å². The Labute approximate surface area is 141 Å². The molecule has 0 aliphatic carbocycles. The van der Waals surface area contributed by atoms with E-state index in [1.165, 1.54) is 0 Å². The molecule has 24 heavy (non-hydrogen) atoms. The van der Waals surface area contributed by atoms with E-state index in [0.717, 1.165) is 11.1 Å². The monoisotopic (exact) mass is 314 g/mol. The van der Waals surface area contributed by atoms with E-state index in [-0.39, 0.29) is 11.6 Å². The third-order valence-corrected chi connectivity index (χ3v) is 4.01. The van der Waals surface area contributed by atoms with Crippen molar-refractivity contribution in [2.75, 3.05) is 0 Å². The van der Waals surface area contributed by atoms with Crippen LogP contribution in [-0.4, -0.2) is 11.6 Å². The van der Waals surface area contributed by atoms with Gasteiger partial charge in [-0.3, -0.25) is 9.59 Å². The van der Waals surface area contributed by atoms with Crippen molar-refractivity contribution in [3.8, 4) is 0 Å². The molecule has 0 unspecified atom stereocenters. The van der Waals surface area contributed by atoms with Crippen LogP contribution in [0.4, 0.5) is 0 Å². The van der Waals surface area contributed by atoms with Gasteiger partial charge in [-0.2, -0.15) is 0 Å². The molecule has 0 amide bonds. The lowest BCUT2D eigenvalue weighted by molar-refractivity contribution is 0.100. The van der Waals surface area contributed by atoms with Crippen molar-refractivity contribution in [1.29, 1.82) is 0 Å². The van der Waals surface area contributed by atoms with Crippen LogP contribution in [0.1, 0.15) is 43.0 Å². The summed E-state index contributed by atoms with van der Waals surface area (Å²) in [6, 6.07) is 21.9. The Hall–Kier alpha value is -3.00. The fourth-order valence-corrected chi connectivity index (χ4v) is 2.65. The number of ketones is 2. The molecule has 0 saturated heterocycles. The largest absolute Gasteiger partial charge is 0.289 e. The zero-order valence-electron chi connectivity index (χ0n) is 13.7. The highest BCUT2D eigenvalue weighted by molar-refractivity contribution is 6.19. The SMILES string of the molecule is Cc1ccc(C(=O)c2ccc(C)cc2C(=O)c2ccccc2)cc1. The Balaban J connectivity index is 2.07. The predicted molar refractivity (Wildman–Crippen MR) is 95.7 cm³/mol. The van der Waals surface area contributed by atoms with Crippen molar-refractivity contribution in [2.24, 2.45) is 0 Å². The van der Waals surface area contributed by atoms with Crippen LogP contribution in [0.15, 0.2) is 72.8 Å². The lowest BCUT2D eigenvalue weighted by Gasteiger charge is -2.10. The summed E-state index contributed by atoms with van der Waals surface area (Å²) in [5.41, 5.74) is 4.11. The average molecular weight is 314 g/mol. The average Bonchev–Trinajstić information content (AvgIpc) is 2.62. The molecule has 0 aliphatic rings. The van der Waals surface area contributed by atoms with Crippen molar-refractivity contribution < 1.29 is 9.59 Å². The molecule has 2 nitrogen and oxygen atoms in total. The Morgan fingerprint density at radius 2 is 1.12 bits per heavy atom. The number of carbonyl (C=O) groups is 2. The third-order valence-electron chi connectivity index (χ3n) is 4.01. The molecular weight excluding hydrogens is 296 g/mol. The first kappa shape index (κ1) is 15.9. The first-order chi connectivity index (χ1) is 11.6. The van der Waals surface area contributed by atoms with E-state index >= 15 is 0 Å². The molecule has 0 radical (unpaired) electrons. The number of benzene rings is 3. The number of hydrogen-bond donors (Lipinski definition) is 0. The normalized spacial score (nSPS) is 10.4. The third kappa shape index (κ3) is 3.18. The first-order valence-electron chi connectivity index (χ1n) is 7.88. The lowest BCUT2D eigenvalue weighted by Crippen LogP contribution is -2.11. The molecule has 3 aromatic rings. The minimum Gasteiger partial charge on any atom is -0.289 e. The molecule has 0 aromatic heterocycles. The van der Waals surface area contributed by atoms with Gasteiger partial charge in [-0.15, -0.1) is 0 Å². The van der Waals surface area contributed by atoms with Crippen LogP contribution in [0, 0.1) is 13.8 Å². The standard InChI is InChI=1S/C22H18O2/c1-15-8-11-18(12-9-15)21(23)19-13-10-16(2)14-20(19)22(24)17-6-4-3-5-7-17/h3-14H,1-2H3. The second-order valence-corrected chi connectivity index (χ2v) is 5.94. The van der Waals surface area contributed by atoms with Crippen molar-refractivity contribution >= 4 is 11.6 Å². The van der Waals surface area contributed by atoms with Gasteiger partial charge < -0.3 is 0 Å². The van der Waals surface area contributed by atoms with Crippen LogP contribution < -0.4 is 0 Å². The molecule has 118 valence electrons. The summed E-state index contributed by atoms with van der Waals surface area (Å²) in [6.07, 6.45) is 0. The first-order valence-corrected chi connectivity index (χ1v) is 7.88. The lowest BCUT2D eigenvalue weighted by atomic mass is 9.92. The molecule has 3 rings (SSSR count). The van der Waals surface area contributed by atoms with Crippen molar-refractivity contribution in [2.45, 2.75) is 13.8 Å². The van der Waals surface area contributed by atoms with E-state index in [9.17, 15) is 9.59 Å². The Kier molecular flexibility index (Phi) is 4.39. The van der Waals surface area contributed by atoms with Crippen molar-refractivity contribution in [3.05, 3.63) is 106 Å². The van der Waals surface area contributed by atoms with Gasteiger partial charge in [0.15, 0.2) is 11.6 Å². The van der Waals surface area contributed by atoms with Crippen LogP contribution in [0.2, 0.25) is 0 Å². The fourth-order valence-electron chi connectivity index (χ4n) is 2.65. The summed E-state index contributed by atoms with van der Waals surface area (Å²) in [7, 11) is 0. The summed E-state index contributed by atoms with van der Waals surface area (Å²) < 4.78 is 0. The maximum atomic E-state index is 12.9. The van der Waals surface area contributed by atoms with Gasteiger partial charge in [-0.05, 0) is 19.9 Å². The molecule has 0 N–H and O–H groups in total. The van der Waals surface area contributed by atoms with Gasteiger partial charge in [0.05, 0.1) is 0 Å². The van der Waals surface area contributed by atoms with E-state index in [4.69, 9.17) is 0 Å². The van der Waals surface area contributed by atoms with Gasteiger partial charge >= 0.3 is 0 Å². The highest BCUT2D eigenvalue weighted by Gasteiger charge is 2.19. The molecule has 0 aliphatic heterocycles. The quantitative estimate of drug-likeness (QED) is 0.650. The predicted octanol–water partition coefficient (Wildman–Crippen LogP) is 4.77. The van der Waals surface area contributed by atoms with Crippen LogP contribution in [0.3, 0.4) is 0 Å². The van der Waals surface area contributed by atoms with Gasteiger partial charge in [0.2, 0.25) is 0 Å². The highest BCUT2D eigenvalue weighted by atomic mass is 16.1. The molecule has 2 heteroatoms. The van der Waals surface area contributed by atoms with Crippen LogP contribution in [0.25, 0.3) is 0 Å².